The highest BCUT2D eigenvalue weighted by Gasteiger charge is 2.39. The number of aromatic nitrogens is 3. The Morgan fingerprint density at radius 2 is 2.43 bits per heavy atom. The molecule has 0 aromatic carbocycles. The van der Waals surface area contributed by atoms with Gasteiger partial charge in [0.15, 0.2) is 5.16 Å². The third-order valence-electron chi connectivity index (χ3n) is 4.12. The van der Waals surface area contributed by atoms with Crippen LogP contribution in [0.25, 0.3) is 11.0 Å². The maximum Gasteiger partial charge on any atom is 0.255 e. The maximum atomic E-state index is 12.9. The number of rotatable bonds is 2. The van der Waals surface area contributed by atoms with Crippen LogP contribution in [0.3, 0.4) is 0 Å². The van der Waals surface area contributed by atoms with E-state index in [2.05, 4.69) is 9.97 Å². The predicted molar refractivity (Wildman–Crippen MR) is 83.8 cm³/mol. The third kappa shape index (κ3) is 2.36. The molecule has 1 saturated carbocycles. The predicted octanol–water partition coefficient (Wildman–Crippen LogP) is 2.30. The molecule has 112 valence electrons. The number of nitrogens with zero attached hydrogens (tertiary/aromatic N) is 3. The molecule has 0 bridgehead atoms. The first-order valence-corrected chi connectivity index (χ1v) is 8.07. The van der Waals surface area contributed by atoms with Gasteiger partial charge in [-0.3, -0.25) is 9.36 Å². The number of hydrogen-bond acceptors (Lipinski definition) is 5. The third-order valence-corrected chi connectivity index (χ3v) is 4.69. The zero-order valence-corrected chi connectivity index (χ0v) is 12.8. The van der Waals surface area contributed by atoms with Gasteiger partial charge in [0.1, 0.15) is 5.65 Å². The van der Waals surface area contributed by atoms with Gasteiger partial charge in [0.2, 0.25) is 0 Å². The summed E-state index contributed by atoms with van der Waals surface area (Å²) in [6.45, 7) is -0.850. The smallest absolute Gasteiger partial charge is 0.255 e. The molecule has 2 aromatic heterocycles. The maximum absolute atomic E-state index is 12.9. The highest BCUT2D eigenvalue weighted by molar-refractivity contribution is 7.98. The van der Waals surface area contributed by atoms with Crippen molar-refractivity contribution in [2.45, 2.75) is 49.8 Å². The van der Waals surface area contributed by atoms with Crippen molar-refractivity contribution in [3.63, 3.8) is 0 Å². The Morgan fingerprint density at radius 1 is 1.62 bits per heavy atom. The molecule has 0 spiro atoms. The zero-order chi connectivity index (χ0) is 17.7. The number of pyridine rings is 1. The topological polar surface area (TPSA) is 68.0 Å². The van der Waals surface area contributed by atoms with Gasteiger partial charge in [-0.25, -0.2) is 9.97 Å². The van der Waals surface area contributed by atoms with E-state index in [9.17, 15) is 9.90 Å². The van der Waals surface area contributed by atoms with E-state index in [-0.39, 0.29) is 5.56 Å². The van der Waals surface area contributed by atoms with Crippen LogP contribution in [0.4, 0.5) is 0 Å². The Bertz CT molecular complexity index is 848. The van der Waals surface area contributed by atoms with Crippen molar-refractivity contribution < 1.29 is 9.22 Å². The van der Waals surface area contributed by atoms with Gasteiger partial charge in [-0.2, -0.15) is 0 Å². The summed E-state index contributed by atoms with van der Waals surface area (Å²) in [6.07, 6.45) is 5.29. The minimum Gasteiger partial charge on any atom is -0.388 e. The average molecular weight is 308 g/mol. The molecule has 1 fully saturated rings. The Kier molecular flexibility index (Phi) is 2.72. The summed E-state index contributed by atoms with van der Waals surface area (Å²) in [5.41, 5.74) is -1.58. The summed E-state index contributed by atoms with van der Waals surface area (Å²) in [5, 5.41) is 11.6. The first-order chi connectivity index (χ1) is 11.1. The molecule has 6 heteroatoms. The zero-order valence-electron chi connectivity index (χ0n) is 15.0. The first-order valence-electron chi connectivity index (χ1n) is 8.34. The fourth-order valence-electron chi connectivity index (χ4n) is 3.03. The molecule has 1 aliphatic carbocycles. The molecule has 0 radical (unpaired) electrons. The van der Waals surface area contributed by atoms with Crippen molar-refractivity contribution >= 4 is 22.8 Å². The molecule has 3 rings (SSSR count). The summed E-state index contributed by atoms with van der Waals surface area (Å²) >= 11 is 1.34. The Morgan fingerprint density at radius 3 is 3.05 bits per heavy atom. The van der Waals surface area contributed by atoms with Crippen LogP contribution in [-0.4, -0.2) is 31.5 Å². The molecule has 0 amide bonds. The average Bonchev–Trinajstić information content (AvgIpc) is 2.84. The molecular weight excluding hydrogens is 286 g/mol. The SMILES string of the molecule is [2H]C([2H])([2H])c1cc2cnc(SC)nc2n(C2CCCC2(C)O)c1=O. The minimum absolute atomic E-state index is 0.266. The highest BCUT2D eigenvalue weighted by Crippen LogP contribution is 2.39. The van der Waals surface area contributed by atoms with Crippen molar-refractivity contribution in [1.82, 2.24) is 14.5 Å². The lowest BCUT2D eigenvalue weighted by Crippen LogP contribution is -2.38. The Labute approximate surface area is 131 Å². The van der Waals surface area contributed by atoms with E-state index in [0.717, 1.165) is 6.42 Å². The lowest BCUT2D eigenvalue weighted by molar-refractivity contribution is 0.0266. The quantitative estimate of drug-likeness (QED) is 0.681. The van der Waals surface area contributed by atoms with E-state index in [4.69, 9.17) is 4.11 Å². The van der Waals surface area contributed by atoms with E-state index >= 15 is 0 Å². The molecule has 2 aromatic rings. The largest absolute Gasteiger partial charge is 0.388 e. The van der Waals surface area contributed by atoms with Gasteiger partial charge in [-0.05, 0) is 45.4 Å². The van der Waals surface area contributed by atoms with Crippen LogP contribution in [-0.2, 0) is 0 Å². The monoisotopic (exact) mass is 308 g/mol. The number of fused-ring (bicyclic) bond motifs is 1. The van der Waals surface area contributed by atoms with Crippen LogP contribution in [0.5, 0.6) is 0 Å². The van der Waals surface area contributed by atoms with E-state index in [1.165, 1.54) is 28.6 Å². The van der Waals surface area contributed by atoms with E-state index in [0.29, 0.717) is 29.0 Å². The second-order valence-corrected chi connectivity index (χ2v) is 6.41. The van der Waals surface area contributed by atoms with Crippen molar-refractivity contribution in [1.29, 1.82) is 0 Å². The van der Waals surface area contributed by atoms with Crippen molar-refractivity contribution in [2.75, 3.05) is 6.26 Å². The van der Waals surface area contributed by atoms with Gasteiger partial charge in [-0.15, -0.1) is 0 Å². The van der Waals surface area contributed by atoms with Gasteiger partial charge >= 0.3 is 0 Å². The molecule has 21 heavy (non-hydrogen) atoms. The van der Waals surface area contributed by atoms with Gasteiger partial charge < -0.3 is 5.11 Å². The van der Waals surface area contributed by atoms with Crippen LogP contribution in [0.2, 0.25) is 0 Å². The highest BCUT2D eigenvalue weighted by atomic mass is 32.2. The van der Waals surface area contributed by atoms with E-state index in [1.807, 2.05) is 6.26 Å². The standard InChI is InChI=1S/C15H19N3O2S/c1-9-7-10-8-16-14(21-3)17-12(10)18(13(9)19)11-5-4-6-15(11,2)20/h7-8,11,20H,4-6H2,1-3H3/i1D3. The Balaban J connectivity index is 2.38. The molecule has 1 N–H and O–H groups in total. The lowest BCUT2D eigenvalue weighted by Gasteiger charge is -2.28. The van der Waals surface area contributed by atoms with Crippen molar-refractivity contribution in [3.8, 4) is 0 Å². The van der Waals surface area contributed by atoms with Crippen LogP contribution in [0, 0.1) is 6.85 Å². The van der Waals surface area contributed by atoms with Crippen LogP contribution < -0.4 is 5.56 Å². The van der Waals surface area contributed by atoms with Gasteiger partial charge in [0.05, 0.1) is 11.6 Å². The number of aliphatic hydroxyl groups is 1. The van der Waals surface area contributed by atoms with Crippen LogP contribution in [0.15, 0.2) is 22.2 Å². The molecule has 2 heterocycles. The summed E-state index contributed by atoms with van der Waals surface area (Å²) in [7, 11) is 0. The first kappa shape index (κ1) is 11.2. The molecule has 1 aliphatic rings. The number of hydrogen-bond donors (Lipinski definition) is 1. The molecule has 2 atom stereocenters. The fourth-order valence-corrected chi connectivity index (χ4v) is 3.37. The summed E-state index contributed by atoms with van der Waals surface area (Å²) in [4.78, 5) is 21.5. The van der Waals surface area contributed by atoms with Gasteiger partial charge in [-0.1, -0.05) is 11.8 Å². The Hall–Kier alpha value is -1.40. The van der Waals surface area contributed by atoms with Gasteiger partial charge in [0, 0.05) is 21.3 Å². The molecule has 2 unspecified atom stereocenters. The van der Waals surface area contributed by atoms with Gasteiger partial charge in [0.25, 0.3) is 5.56 Å². The minimum atomic E-state index is -2.53. The van der Waals surface area contributed by atoms with Crippen LogP contribution in [0.1, 0.15) is 41.9 Å². The normalized spacial score (nSPS) is 28.3. The summed E-state index contributed by atoms with van der Waals surface area (Å²) in [6, 6.07) is 0.842. The number of aryl methyl sites for hydroxylation is 1. The molecule has 5 nitrogen and oxygen atoms in total. The summed E-state index contributed by atoms with van der Waals surface area (Å²) < 4.78 is 24.3. The van der Waals surface area contributed by atoms with E-state index < -0.39 is 24.1 Å². The fraction of sp³-hybridized carbons (Fsp3) is 0.533. The van der Waals surface area contributed by atoms with Crippen molar-refractivity contribution in [3.05, 3.63) is 28.2 Å². The summed E-state index contributed by atoms with van der Waals surface area (Å²) in [5.74, 6) is 0. The second-order valence-electron chi connectivity index (χ2n) is 5.63. The second kappa shape index (κ2) is 5.10. The van der Waals surface area contributed by atoms with E-state index in [1.54, 1.807) is 6.92 Å². The van der Waals surface area contributed by atoms with Crippen LogP contribution >= 0.6 is 11.8 Å². The number of thioether (sulfide) groups is 1. The lowest BCUT2D eigenvalue weighted by atomic mass is 9.99. The molecule has 0 saturated heterocycles. The molecule has 0 aliphatic heterocycles. The van der Waals surface area contributed by atoms with Crippen molar-refractivity contribution in [2.24, 2.45) is 0 Å². The molecular formula is C15H19N3O2S.